The van der Waals surface area contributed by atoms with Gasteiger partial charge in [0.15, 0.2) is 0 Å². The van der Waals surface area contributed by atoms with E-state index in [2.05, 4.69) is 47.2 Å². The molecule has 1 saturated heterocycles. The van der Waals surface area contributed by atoms with Crippen LogP contribution in [0.2, 0.25) is 0 Å². The molecule has 1 fully saturated rings. The number of fused-ring (bicyclic) bond motifs is 1. The molecule has 1 unspecified atom stereocenters. The van der Waals surface area contributed by atoms with Gasteiger partial charge in [0.05, 0.1) is 5.52 Å². The minimum Gasteiger partial charge on any atom is -0.384 e. The number of anilines is 1. The molecule has 0 aliphatic carbocycles. The first kappa shape index (κ1) is 11.8. The number of hydrogen-bond acceptors (Lipinski definition) is 3. The van der Waals surface area contributed by atoms with Gasteiger partial charge in [-0.3, -0.25) is 4.98 Å². The van der Waals surface area contributed by atoms with Gasteiger partial charge < -0.3 is 5.32 Å². The summed E-state index contributed by atoms with van der Waals surface area (Å²) in [6.45, 7) is 3.20. The lowest BCUT2D eigenvalue weighted by Gasteiger charge is -2.14. The summed E-state index contributed by atoms with van der Waals surface area (Å²) in [5.74, 6) is 3.44. The molecule has 1 aliphatic rings. The van der Waals surface area contributed by atoms with E-state index in [9.17, 15) is 0 Å². The van der Waals surface area contributed by atoms with Crippen LogP contribution in [0, 0.1) is 12.8 Å². The minimum atomic E-state index is 0.822. The molecule has 18 heavy (non-hydrogen) atoms. The van der Waals surface area contributed by atoms with Crippen molar-refractivity contribution in [2.45, 2.75) is 13.3 Å². The Balaban J connectivity index is 1.85. The van der Waals surface area contributed by atoms with E-state index < -0.39 is 0 Å². The highest BCUT2D eigenvalue weighted by Gasteiger charge is 2.15. The van der Waals surface area contributed by atoms with Gasteiger partial charge in [0.2, 0.25) is 0 Å². The Bertz CT molecular complexity index is 547. The minimum absolute atomic E-state index is 0.822. The van der Waals surface area contributed by atoms with E-state index in [4.69, 9.17) is 0 Å². The summed E-state index contributed by atoms with van der Waals surface area (Å²) >= 11 is 2.07. The molecular weight excluding hydrogens is 240 g/mol. The standard InChI is InChI=1S/C15H18N2S/c1-11-4-5-14(13-3-2-7-16-15(11)13)17-9-12-6-8-18-10-12/h2-5,7,12,17H,6,8-10H2,1H3. The number of aromatic nitrogens is 1. The van der Waals surface area contributed by atoms with Crippen molar-refractivity contribution in [3.63, 3.8) is 0 Å². The second-order valence-corrected chi connectivity index (χ2v) is 6.09. The highest BCUT2D eigenvalue weighted by atomic mass is 32.2. The summed E-state index contributed by atoms with van der Waals surface area (Å²) in [6.07, 6.45) is 3.21. The van der Waals surface area contributed by atoms with Gasteiger partial charge in [0.1, 0.15) is 0 Å². The van der Waals surface area contributed by atoms with Gasteiger partial charge in [-0.25, -0.2) is 0 Å². The largest absolute Gasteiger partial charge is 0.384 e. The third kappa shape index (κ3) is 2.32. The number of aryl methyl sites for hydroxylation is 1. The highest BCUT2D eigenvalue weighted by Crippen LogP contribution is 2.27. The van der Waals surface area contributed by atoms with Crippen molar-refractivity contribution >= 4 is 28.4 Å². The van der Waals surface area contributed by atoms with Crippen LogP contribution < -0.4 is 5.32 Å². The second kappa shape index (κ2) is 5.19. The molecule has 0 amide bonds. The van der Waals surface area contributed by atoms with Crippen LogP contribution in [0.25, 0.3) is 10.9 Å². The van der Waals surface area contributed by atoms with Gasteiger partial charge in [0.25, 0.3) is 0 Å². The number of benzene rings is 1. The number of thioether (sulfide) groups is 1. The average Bonchev–Trinajstić information content (AvgIpc) is 2.92. The lowest BCUT2D eigenvalue weighted by molar-refractivity contribution is 0.632. The topological polar surface area (TPSA) is 24.9 Å². The van der Waals surface area contributed by atoms with Crippen LogP contribution in [0.1, 0.15) is 12.0 Å². The third-order valence-electron chi connectivity index (χ3n) is 3.58. The van der Waals surface area contributed by atoms with Crippen LogP contribution >= 0.6 is 11.8 Å². The summed E-state index contributed by atoms with van der Waals surface area (Å²) in [5, 5.41) is 4.84. The summed E-state index contributed by atoms with van der Waals surface area (Å²) in [6, 6.07) is 8.50. The maximum Gasteiger partial charge on any atom is 0.0751 e. The Kier molecular flexibility index (Phi) is 3.41. The van der Waals surface area contributed by atoms with E-state index in [1.807, 2.05) is 12.3 Å². The Morgan fingerprint density at radius 3 is 3.17 bits per heavy atom. The summed E-state index contributed by atoms with van der Waals surface area (Å²) in [7, 11) is 0. The van der Waals surface area contributed by atoms with E-state index in [1.54, 1.807) is 0 Å². The van der Waals surface area contributed by atoms with Crippen molar-refractivity contribution in [3.8, 4) is 0 Å². The fraction of sp³-hybridized carbons (Fsp3) is 0.400. The lowest BCUT2D eigenvalue weighted by Crippen LogP contribution is -2.13. The molecule has 0 bridgehead atoms. The molecule has 3 heteroatoms. The van der Waals surface area contributed by atoms with E-state index in [-0.39, 0.29) is 0 Å². The summed E-state index contributed by atoms with van der Waals surface area (Å²) < 4.78 is 0. The number of pyridine rings is 1. The predicted molar refractivity (Wildman–Crippen MR) is 80.4 cm³/mol. The lowest BCUT2D eigenvalue weighted by atomic mass is 10.1. The van der Waals surface area contributed by atoms with Crippen molar-refractivity contribution in [2.75, 3.05) is 23.4 Å². The molecule has 3 rings (SSSR count). The monoisotopic (exact) mass is 258 g/mol. The molecule has 0 saturated carbocycles. The summed E-state index contributed by atoms with van der Waals surface area (Å²) in [4.78, 5) is 4.48. The quantitative estimate of drug-likeness (QED) is 0.908. The first-order chi connectivity index (χ1) is 8.84. The van der Waals surface area contributed by atoms with Gasteiger partial charge in [-0.15, -0.1) is 0 Å². The van der Waals surface area contributed by atoms with Gasteiger partial charge in [-0.2, -0.15) is 11.8 Å². The number of rotatable bonds is 3. The third-order valence-corrected chi connectivity index (χ3v) is 4.81. The molecule has 2 nitrogen and oxygen atoms in total. The first-order valence-electron chi connectivity index (χ1n) is 6.50. The molecular formula is C15H18N2S. The number of nitrogens with one attached hydrogen (secondary N) is 1. The van der Waals surface area contributed by atoms with Gasteiger partial charge in [-0.1, -0.05) is 6.07 Å². The number of nitrogens with zero attached hydrogens (tertiary/aromatic N) is 1. The Morgan fingerprint density at radius 2 is 2.33 bits per heavy atom. The maximum atomic E-state index is 4.48. The van der Waals surface area contributed by atoms with Gasteiger partial charge in [0, 0.05) is 23.8 Å². The van der Waals surface area contributed by atoms with Crippen LogP contribution in [0.4, 0.5) is 5.69 Å². The zero-order valence-corrected chi connectivity index (χ0v) is 11.5. The van der Waals surface area contributed by atoms with Crippen molar-refractivity contribution in [1.82, 2.24) is 4.98 Å². The zero-order chi connectivity index (χ0) is 12.4. The molecule has 0 radical (unpaired) electrons. The molecule has 2 heterocycles. The average molecular weight is 258 g/mol. The molecule has 1 aromatic heterocycles. The summed E-state index contributed by atoms with van der Waals surface area (Å²) in [5.41, 5.74) is 3.58. The highest BCUT2D eigenvalue weighted by molar-refractivity contribution is 7.99. The van der Waals surface area contributed by atoms with E-state index in [1.165, 1.54) is 34.6 Å². The second-order valence-electron chi connectivity index (χ2n) is 4.94. The van der Waals surface area contributed by atoms with Crippen LogP contribution in [0.15, 0.2) is 30.5 Å². The molecule has 1 atom stereocenters. The molecule has 2 aromatic rings. The van der Waals surface area contributed by atoms with E-state index >= 15 is 0 Å². The van der Waals surface area contributed by atoms with Crippen LogP contribution in [-0.2, 0) is 0 Å². The van der Waals surface area contributed by atoms with Gasteiger partial charge in [-0.05, 0) is 54.5 Å². The fourth-order valence-corrected chi connectivity index (χ4v) is 3.75. The smallest absolute Gasteiger partial charge is 0.0751 e. The van der Waals surface area contributed by atoms with Crippen LogP contribution in [0.5, 0.6) is 0 Å². The van der Waals surface area contributed by atoms with Gasteiger partial charge >= 0.3 is 0 Å². The molecule has 0 spiro atoms. The fourth-order valence-electron chi connectivity index (χ4n) is 2.47. The van der Waals surface area contributed by atoms with Crippen molar-refractivity contribution in [3.05, 3.63) is 36.0 Å². The first-order valence-corrected chi connectivity index (χ1v) is 7.66. The van der Waals surface area contributed by atoms with Crippen LogP contribution in [-0.4, -0.2) is 23.0 Å². The SMILES string of the molecule is Cc1ccc(NCC2CCSC2)c2cccnc12. The van der Waals surface area contributed by atoms with Crippen molar-refractivity contribution in [2.24, 2.45) is 5.92 Å². The maximum absolute atomic E-state index is 4.48. The van der Waals surface area contributed by atoms with E-state index in [0.29, 0.717) is 0 Å². The van der Waals surface area contributed by atoms with Crippen molar-refractivity contribution < 1.29 is 0 Å². The zero-order valence-electron chi connectivity index (χ0n) is 10.6. The number of hydrogen-bond donors (Lipinski definition) is 1. The molecule has 1 N–H and O–H groups in total. The Morgan fingerprint density at radius 1 is 1.39 bits per heavy atom. The Hall–Kier alpha value is -1.22. The predicted octanol–water partition coefficient (Wildman–Crippen LogP) is 3.71. The van der Waals surface area contributed by atoms with E-state index in [0.717, 1.165) is 18.0 Å². The molecule has 94 valence electrons. The molecule has 1 aliphatic heterocycles. The Labute approximate surface area is 112 Å². The molecule has 1 aromatic carbocycles. The van der Waals surface area contributed by atoms with Crippen molar-refractivity contribution in [1.29, 1.82) is 0 Å². The van der Waals surface area contributed by atoms with Crippen LogP contribution in [0.3, 0.4) is 0 Å². The normalized spacial score (nSPS) is 19.3.